The van der Waals surface area contributed by atoms with Crippen LogP contribution in [0, 0.1) is 0 Å². The highest BCUT2D eigenvalue weighted by Gasteiger charge is 2.57. The predicted molar refractivity (Wildman–Crippen MR) is 146 cm³/mol. The van der Waals surface area contributed by atoms with Gasteiger partial charge >= 0.3 is 0 Å². The Bertz CT molecular complexity index is 1450. The van der Waals surface area contributed by atoms with Gasteiger partial charge < -0.3 is 19.9 Å². The highest BCUT2D eigenvalue weighted by atomic mass is 35.5. The second kappa shape index (κ2) is 11.5. The van der Waals surface area contributed by atoms with E-state index in [1.165, 1.54) is 44.6 Å². The summed E-state index contributed by atoms with van der Waals surface area (Å²) in [7, 11) is -1.69. The zero-order valence-electron chi connectivity index (χ0n) is 20.7. The minimum Gasteiger partial charge on any atom is -0.497 e. The monoisotopic (exact) mass is 579 g/mol. The Morgan fingerprint density at radius 1 is 0.974 bits per heavy atom. The van der Waals surface area contributed by atoms with Crippen molar-refractivity contribution in [1.29, 1.82) is 0 Å². The molecule has 202 valence electrons. The van der Waals surface area contributed by atoms with E-state index in [-0.39, 0.29) is 34.5 Å². The number of fused-ring (bicyclic) bond motifs is 1. The molecule has 0 fully saturated rings. The van der Waals surface area contributed by atoms with Crippen molar-refractivity contribution in [1.82, 2.24) is 5.32 Å². The van der Waals surface area contributed by atoms with Crippen molar-refractivity contribution in [2.45, 2.75) is 10.4 Å². The second-order valence-electron chi connectivity index (χ2n) is 8.31. The Morgan fingerprint density at radius 3 is 2.42 bits per heavy atom. The van der Waals surface area contributed by atoms with Crippen LogP contribution in [0.2, 0.25) is 10.0 Å². The number of sulfonamides is 1. The van der Waals surface area contributed by atoms with Gasteiger partial charge in [0.1, 0.15) is 16.4 Å². The third-order valence-electron chi connectivity index (χ3n) is 6.15. The number of halogens is 2. The van der Waals surface area contributed by atoms with Crippen LogP contribution in [-0.2, 0) is 25.1 Å². The number of anilines is 1. The lowest BCUT2D eigenvalue weighted by molar-refractivity contribution is -0.121. The number of rotatable bonds is 11. The highest BCUT2D eigenvalue weighted by Crippen LogP contribution is 2.49. The summed E-state index contributed by atoms with van der Waals surface area (Å²) in [6, 6.07) is 15.6. The Morgan fingerprint density at radius 2 is 1.74 bits per heavy atom. The fourth-order valence-corrected chi connectivity index (χ4v) is 6.53. The smallest absolute Gasteiger partial charge is 0.274 e. The number of carbonyl (C=O) groups excluding carboxylic acids is 1. The fourth-order valence-electron chi connectivity index (χ4n) is 4.48. The van der Waals surface area contributed by atoms with Gasteiger partial charge in [-0.25, -0.2) is 12.7 Å². The molecule has 3 aromatic rings. The van der Waals surface area contributed by atoms with Crippen LogP contribution in [0.3, 0.4) is 0 Å². The van der Waals surface area contributed by atoms with Crippen molar-refractivity contribution >= 4 is 44.8 Å². The van der Waals surface area contributed by atoms with Crippen molar-refractivity contribution in [3.05, 3.63) is 81.8 Å². The molecule has 38 heavy (non-hydrogen) atoms. The first-order chi connectivity index (χ1) is 18.2. The van der Waals surface area contributed by atoms with E-state index in [9.17, 15) is 13.2 Å². The summed E-state index contributed by atoms with van der Waals surface area (Å²) in [5, 5.41) is 3.81. The van der Waals surface area contributed by atoms with Gasteiger partial charge in [-0.3, -0.25) is 10.1 Å². The Hall–Kier alpha value is -2.86. The van der Waals surface area contributed by atoms with Crippen LogP contribution in [0.25, 0.3) is 0 Å². The number of benzene rings is 3. The fraction of sp³-hybridized carbons (Fsp3) is 0.269. The molecule has 3 N–H and O–H groups in total. The first kappa shape index (κ1) is 28.2. The van der Waals surface area contributed by atoms with Crippen LogP contribution in [0.4, 0.5) is 5.69 Å². The van der Waals surface area contributed by atoms with Crippen LogP contribution in [0.5, 0.6) is 11.5 Å². The maximum atomic E-state index is 14.5. The molecule has 0 saturated carbocycles. The number of hydrogen-bond acceptors (Lipinski definition) is 8. The van der Waals surface area contributed by atoms with Gasteiger partial charge in [-0.1, -0.05) is 41.4 Å². The van der Waals surface area contributed by atoms with Crippen LogP contribution in [0.1, 0.15) is 11.1 Å². The largest absolute Gasteiger partial charge is 0.497 e. The summed E-state index contributed by atoms with van der Waals surface area (Å²) in [6.45, 7) is 1.06. The van der Waals surface area contributed by atoms with E-state index in [1.54, 1.807) is 30.3 Å². The highest BCUT2D eigenvalue weighted by molar-refractivity contribution is 7.93. The third kappa shape index (κ3) is 4.84. The molecular formula is C26H27Cl2N3O6S. The summed E-state index contributed by atoms with van der Waals surface area (Å²) in [6.07, 6.45) is 0. The van der Waals surface area contributed by atoms with Crippen LogP contribution < -0.4 is 24.8 Å². The number of amides is 1. The first-order valence-corrected chi connectivity index (χ1v) is 13.8. The van der Waals surface area contributed by atoms with E-state index in [2.05, 4.69) is 5.32 Å². The summed E-state index contributed by atoms with van der Waals surface area (Å²) in [5.41, 5.74) is 4.66. The third-order valence-corrected chi connectivity index (χ3v) is 8.45. The van der Waals surface area contributed by atoms with Crippen LogP contribution in [0.15, 0.2) is 65.6 Å². The second-order valence-corrected chi connectivity index (χ2v) is 10.9. The van der Waals surface area contributed by atoms with E-state index >= 15 is 0 Å². The molecule has 4 rings (SSSR count). The van der Waals surface area contributed by atoms with Gasteiger partial charge in [0.15, 0.2) is 5.54 Å². The average molecular weight is 580 g/mol. The zero-order valence-corrected chi connectivity index (χ0v) is 23.1. The van der Waals surface area contributed by atoms with Gasteiger partial charge in [-0.05, 0) is 36.4 Å². The lowest BCUT2D eigenvalue weighted by atomic mass is 9.83. The quantitative estimate of drug-likeness (QED) is 0.331. The van der Waals surface area contributed by atoms with Gasteiger partial charge in [-0.2, -0.15) is 0 Å². The topological polar surface area (TPSA) is 120 Å². The van der Waals surface area contributed by atoms with Gasteiger partial charge in [0.2, 0.25) is 0 Å². The summed E-state index contributed by atoms with van der Waals surface area (Å²) in [4.78, 5) is 14.3. The van der Waals surface area contributed by atoms with Gasteiger partial charge in [0, 0.05) is 40.3 Å². The van der Waals surface area contributed by atoms with Crippen LogP contribution in [-0.4, -0.2) is 54.8 Å². The van der Waals surface area contributed by atoms with Crippen molar-refractivity contribution in [2.24, 2.45) is 5.73 Å². The molecule has 0 saturated heterocycles. The molecule has 1 unspecified atom stereocenters. The zero-order chi connectivity index (χ0) is 27.5. The van der Waals surface area contributed by atoms with Crippen molar-refractivity contribution in [3.63, 3.8) is 0 Å². The molecule has 9 nitrogen and oxygen atoms in total. The molecule has 1 heterocycles. The molecule has 0 radical (unpaired) electrons. The summed E-state index contributed by atoms with van der Waals surface area (Å²) in [5.74, 6) is -0.365. The summed E-state index contributed by atoms with van der Waals surface area (Å²) >= 11 is 13.0. The number of hydrogen-bond donors (Lipinski definition) is 2. The molecule has 12 heteroatoms. The van der Waals surface area contributed by atoms with Crippen molar-refractivity contribution in [2.75, 3.05) is 44.8 Å². The van der Waals surface area contributed by atoms with Crippen molar-refractivity contribution < 1.29 is 27.4 Å². The molecule has 0 aromatic heterocycles. The van der Waals surface area contributed by atoms with Crippen LogP contribution >= 0.6 is 23.2 Å². The maximum Gasteiger partial charge on any atom is 0.274 e. The van der Waals surface area contributed by atoms with Gasteiger partial charge in [0.25, 0.3) is 15.9 Å². The Kier molecular flexibility index (Phi) is 8.51. The number of ether oxygens (including phenoxy) is 3. The lowest BCUT2D eigenvalue weighted by Crippen LogP contribution is -2.53. The lowest BCUT2D eigenvalue weighted by Gasteiger charge is -2.31. The standard InChI is InChI=1S/C26H27Cl2N3O6S/c1-35-18-8-10-24(23(16-18)36-2)38(33,34)31-22-9-7-17(27)15-20(22)26(25(31)32,30-12-14-37-13-11-29)19-5-3-4-6-21(19)28/h3-10,15-16,30H,11-14,29H2,1-2H3. The normalized spacial score (nSPS) is 17.0. The SMILES string of the molecule is COc1ccc(S(=O)(=O)N2C(=O)C(NCCOCCN)(c3ccccc3Cl)c3cc(Cl)ccc32)c(OC)c1. The molecule has 3 aromatic carbocycles. The molecule has 1 atom stereocenters. The van der Waals surface area contributed by atoms with Gasteiger partial charge in [0.05, 0.1) is 33.1 Å². The number of nitrogens with one attached hydrogen (secondary N) is 1. The maximum absolute atomic E-state index is 14.5. The molecular weight excluding hydrogens is 553 g/mol. The number of nitrogens with two attached hydrogens (primary N) is 1. The molecule has 0 spiro atoms. The van der Waals surface area contributed by atoms with E-state index in [1.807, 2.05) is 0 Å². The number of nitrogens with zero attached hydrogens (tertiary/aromatic N) is 1. The van der Waals surface area contributed by atoms with E-state index < -0.39 is 21.5 Å². The minimum atomic E-state index is -4.48. The van der Waals surface area contributed by atoms with E-state index in [0.717, 1.165) is 4.31 Å². The molecule has 1 aliphatic heterocycles. The van der Waals surface area contributed by atoms with Crippen molar-refractivity contribution in [3.8, 4) is 11.5 Å². The molecule has 1 amide bonds. The Balaban J connectivity index is 1.93. The molecule has 1 aliphatic rings. The number of methoxy groups -OCH3 is 2. The number of carbonyl (C=O) groups is 1. The Labute approximate surface area is 231 Å². The minimum absolute atomic E-state index is 0.0195. The first-order valence-electron chi connectivity index (χ1n) is 11.6. The van der Waals surface area contributed by atoms with Gasteiger partial charge in [-0.15, -0.1) is 0 Å². The van der Waals surface area contributed by atoms with E-state index in [0.29, 0.717) is 35.1 Å². The molecule has 0 aliphatic carbocycles. The predicted octanol–water partition coefficient (Wildman–Crippen LogP) is 3.55. The molecule has 0 bridgehead atoms. The summed E-state index contributed by atoms with van der Waals surface area (Å²) < 4.78 is 45.1. The van der Waals surface area contributed by atoms with E-state index in [4.69, 9.17) is 43.1 Å². The average Bonchev–Trinajstić information content (AvgIpc) is 3.16.